The van der Waals surface area contributed by atoms with Crippen molar-refractivity contribution in [3.63, 3.8) is 0 Å². The van der Waals surface area contributed by atoms with E-state index in [-0.39, 0.29) is 6.04 Å². The molecule has 0 bridgehead atoms. The summed E-state index contributed by atoms with van der Waals surface area (Å²) in [6, 6.07) is 2.23. The molecule has 1 aliphatic carbocycles. The Morgan fingerprint density at radius 2 is 2.22 bits per heavy atom. The summed E-state index contributed by atoms with van der Waals surface area (Å²) in [6.07, 6.45) is 4.13. The van der Waals surface area contributed by atoms with Crippen LogP contribution in [0.1, 0.15) is 44.9 Å². The summed E-state index contributed by atoms with van der Waals surface area (Å²) in [5.41, 5.74) is 5.21. The molecule has 4 nitrogen and oxygen atoms in total. The van der Waals surface area contributed by atoms with Crippen molar-refractivity contribution < 1.29 is 4.74 Å². The Hall–Kier alpha value is -0.740. The summed E-state index contributed by atoms with van der Waals surface area (Å²) in [4.78, 5) is 12.0. The molecular weight excluding hydrogens is 445 g/mol. The number of aromatic nitrogens is 1. The van der Waals surface area contributed by atoms with E-state index in [1.54, 1.807) is 0 Å². The van der Waals surface area contributed by atoms with Gasteiger partial charge in [0.1, 0.15) is 5.15 Å². The van der Waals surface area contributed by atoms with Crippen LogP contribution in [0.4, 0.5) is 5.69 Å². The lowest BCUT2D eigenvalue weighted by Crippen LogP contribution is -2.28. The average molecular weight is 471 g/mol. The van der Waals surface area contributed by atoms with Gasteiger partial charge in [0.15, 0.2) is 0 Å². The molecule has 0 aromatic carbocycles. The van der Waals surface area contributed by atoms with Crippen LogP contribution in [0, 0.1) is 0 Å². The molecule has 27 heavy (non-hydrogen) atoms. The topological polar surface area (TPSA) is 37.7 Å². The zero-order valence-corrected chi connectivity index (χ0v) is 19.6. The number of aliphatic imine (C=N–C) groups is 1. The molecule has 1 saturated heterocycles. The molecule has 0 radical (unpaired) electrons. The second-order valence-electron chi connectivity index (χ2n) is 6.81. The highest BCUT2D eigenvalue weighted by Gasteiger charge is 2.30. The van der Waals surface area contributed by atoms with Gasteiger partial charge < -0.3 is 9.64 Å². The summed E-state index contributed by atoms with van der Waals surface area (Å²) in [6.45, 7) is 9.67. The largest absolute Gasteiger partial charge is 0.380 e. The molecule has 7 heteroatoms. The third kappa shape index (κ3) is 4.32. The van der Waals surface area contributed by atoms with Gasteiger partial charge in [0.25, 0.3) is 0 Å². The van der Waals surface area contributed by atoms with Crippen LogP contribution in [0.25, 0.3) is 10.9 Å². The lowest BCUT2D eigenvalue weighted by atomic mass is 9.91. The van der Waals surface area contributed by atoms with Crippen LogP contribution >= 0.6 is 36.8 Å². The lowest BCUT2D eigenvalue weighted by molar-refractivity contribution is 0.152. The molecule has 146 valence electrons. The Labute approximate surface area is 177 Å². The van der Waals surface area contributed by atoms with Crippen molar-refractivity contribution in [2.45, 2.75) is 39.7 Å². The molecule has 0 N–H and O–H groups in total. The predicted molar refractivity (Wildman–Crippen MR) is 123 cm³/mol. The van der Waals surface area contributed by atoms with Gasteiger partial charge in [-0.15, -0.1) is 9.24 Å². The van der Waals surface area contributed by atoms with E-state index < -0.39 is 0 Å². The fraction of sp³-hybridized carbons (Fsp3) is 0.500. The molecule has 0 amide bonds. The van der Waals surface area contributed by atoms with Gasteiger partial charge in [-0.3, -0.25) is 4.99 Å². The van der Waals surface area contributed by atoms with E-state index >= 15 is 0 Å². The van der Waals surface area contributed by atoms with Crippen LogP contribution in [-0.2, 0) is 4.74 Å². The van der Waals surface area contributed by atoms with E-state index in [0.29, 0.717) is 5.15 Å². The van der Waals surface area contributed by atoms with Crippen molar-refractivity contribution in [3.8, 4) is 0 Å². The van der Waals surface area contributed by atoms with Crippen LogP contribution in [0.3, 0.4) is 0 Å². The number of anilines is 1. The van der Waals surface area contributed by atoms with Crippen molar-refractivity contribution in [1.29, 1.82) is 0 Å². The zero-order valence-electron chi connectivity index (χ0n) is 16.1. The fourth-order valence-electron chi connectivity index (χ4n) is 3.39. The van der Waals surface area contributed by atoms with Gasteiger partial charge in [-0.05, 0) is 48.7 Å². The summed E-state index contributed by atoms with van der Waals surface area (Å²) >= 11 is 10.2. The number of halogens is 2. The first-order valence-corrected chi connectivity index (χ1v) is 11.2. The number of pyridine rings is 1. The molecule has 2 atom stereocenters. The van der Waals surface area contributed by atoms with E-state index in [2.05, 4.69) is 61.9 Å². The van der Waals surface area contributed by atoms with Crippen molar-refractivity contribution in [3.05, 3.63) is 33.0 Å². The Morgan fingerprint density at radius 3 is 2.93 bits per heavy atom. The zero-order chi connectivity index (χ0) is 19.6. The van der Waals surface area contributed by atoms with Crippen molar-refractivity contribution in [1.82, 2.24) is 4.98 Å². The number of hydrogen-bond donors (Lipinski definition) is 0. The first kappa shape index (κ1) is 21.0. The molecule has 1 aliphatic heterocycles. The van der Waals surface area contributed by atoms with E-state index in [9.17, 15) is 0 Å². The molecule has 0 spiro atoms. The number of nitrogens with zero attached hydrogens (tertiary/aromatic N) is 3. The maximum atomic E-state index is 6.42. The molecule has 2 aliphatic rings. The highest BCUT2D eigenvalue weighted by Crippen LogP contribution is 2.46. The molecule has 2 heterocycles. The maximum Gasteiger partial charge on any atom is 0.131 e. The standard InChI is InChI=1S/C20H26BrClN3OP/c1-4-12(3)23-18-13(5-2)16-14(25-7-6-9-26-10-8-25)11-15(22)24-19(16)20(27)17(18)21/h5,11-12H,4,6-10,27H2,1-3H3/b13-5-,23-18?. The summed E-state index contributed by atoms with van der Waals surface area (Å²) in [7, 11) is 2.82. The quantitative estimate of drug-likeness (QED) is 0.429. The van der Waals surface area contributed by atoms with E-state index in [1.165, 1.54) is 0 Å². The Balaban J connectivity index is 2.23. The highest BCUT2D eigenvalue weighted by atomic mass is 79.9. The molecule has 1 aromatic heterocycles. The maximum absolute atomic E-state index is 6.42. The Bertz CT molecular complexity index is 814. The molecular formula is C20H26BrClN3OP. The predicted octanol–water partition coefficient (Wildman–Crippen LogP) is 5.56. The smallest absolute Gasteiger partial charge is 0.131 e. The molecule has 1 aromatic rings. The van der Waals surface area contributed by atoms with Crippen LogP contribution in [0.5, 0.6) is 0 Å². The SMILES string of the molecule is C/C=C1\C(=NC(C)CC)C(Br)=C(P)c2nc(Cl)cc(N3CCCOCC3)c21. The normalized spacial score (nSPS) is 22.2. The average Bonchev–Trinajstić information content (AvgIpc) is 2.95. The van der Waals surface area contributed by atoms with Gasteiger partial charge in [-0.1, -0.05) is 24.6 Å². The minimum atomic E-state index is 0.247. The van der Waals surface area contributed by atoms with Gasteiger partial charge in [-0.2, -0.15) is 0 Å². The van der Waals surface area contributed by atoms with E-state index in [0.717, 1.165) is 77.2 Å². The minimum absolute atomic E-state index is 0.247. The van der Waals surface area contributed by atoms with Gasteiger partial charge >= 0.3 is 0 Å². The van der Waals surface area contributed by atoms with Gasteiger partial charge in [0, 0.05) is 47.9 Å². The van der Waals surface area contributed by atoms with Crippen LogP contribution < -0.4 is 4.90 Å². The number of ether oxygens (including phenoxy) is 1. The van der Waals surface area contributed by atoms with E-state index in [4.69, 9.17) is 21.3 Å². The Morgan fingerprint density at radius 1 is 1.44 bits per heavy atom. The van der Waals surface area contributed by atoms with E-state index in [1.807, 2.05) is 6.07 Å². The van der Waals surface area contributed by atoms with Gasteiger partial charge in [0.05, 0.1) is 22.5 Å². The second kappa shape index (κ2) is 9.17. The summed E-state index contributed by atoms with van der Waals surface area (Å²) in [5, 5.41) is 1.50. The van der Waals surface area contributed by atoms with Crippen molar-refractivity contribution in [2.24, 2.45) is 4.99 Å². The van der Waals surface area contributed by atoms with Gasteiger partial charge in [-0.25, -0.2) is 4.98 Å². The van der Waals surface area contributed by atoms with Crippen molar-refractivity contribution in [2.75, 3.05) is 31.2 Å². The third-order valence-corrected chi connectivity index (χ3v) is 6.96. The van der Waals surface area contributed by atoms with Crippen LogP contribution in [0.15, 0.2) is 21.6 Å². The third-order valence-electron chi connectivity index (χ3n) is 4.98. The number of hydrogen-bond acceptors (Lipinski definition) is 4. The van der Waals surface area contributed by atoms with Gasteiger partial charge in [0.2, 0.25) is 0 Å². The molecule has 0 saturated carbocycles. The first-order valence-electron chi connectivity index (χ1n) is 9.42. The summed E-state index contributed by atoms with van der Waals surface area (Å²) < 4.78 is 6.62. The first-order chi connectivity index (χ1) is 13.0. The second-order valence-corrected chi connectivity index (χ2v) is 8.56. The summed E-state index contributed by atoms with van der Waals surface area (Å²) in [5.74, 6) is 0. The number of rotatable bonds is 3. The van der Waals surface area contributed by atoms with Crippen LogP contribution in [0.2, 0.25) is 5.15 Å². The Kier molecular flexibility index (Phi) is 7.13. The minimum Gasteiger partial charge on any atom is -0.380 e. The fourth-order valence-corrected chi connectivity index (χ4v) is 4.42. The van der Waals surface area contributed by atoms with Crippen molar-refractivity contribution >= 4 is 59.1 Å². The monoisotopic (exact) mass is 469 g/mol. The lowest BCUT2D eigenvalue weighted by Gasteiger charge is -2.30. The molecule has 1 fully saturated rings. The molecule has 2 unspecified atom stereocenters. The van der Waals surface area contributed by atoms with Crippen LogP contribution in [-0.4, -0.2) is 43.0 Å². The highest BCUT2D eigenvalue weighted by molar-refractivity contribution is 9.12. The molecule has 3 rings (SSSR count). The number of allylic oxidation sites excluding steroid dienone is 3. The number of fused-ring (bicyclic) bond motifs is 1.